The van der Waals surface area contributed by atoms with Crippen LogP contribution in [0.15, 0.2) is 83.8 Å². The molecule has 0 amide bonds. The Bertz CT molecular complexity index is 1670. The Balaban J connectivity index is 1.23. The third-order valence-corrected chi connectivity index (χ3v) is 7.79. The van der Waals surface area contributed by atoms with Gasteiger partial charge in [0.25, 0.3) is 0 Å². The minimum atomic E-state index is -1.46. The quantitative estimate of drug-likeness (QED) is 0.235. The second kappa shape index (κ2) is 10.6. The summed E-state index contributed by atoms with van der Waals surface area (Å²) < 4.78 is 11.8. The molecule has 1 aliphatic heterocycles. The number of nitrogens with zero attached hydrogens (tertiary/aromatic N) is 4. The predicted molar refractivity (Wildman–Crippen MR) is 153 cm³/mol. The van der Waals surface area contributed by atoms with Gasteiger partial charge in [-0.25, -0.2) is 4.98 Å². The van der Waals surface area contributed by atoms with Crippen molar-refractivity contribution in [2.24, 2.45) is 0 Å². The lowest BCUT2D eigenvalue weighted by molar-refractivity contribution is 0.141. The molecule has 1 aliphatic carbocycles. The molecule has 1 saturated carbocycles. The zero-order valence-corrected chi connectivity index (χ0v) is 23.2. The molecule has 0 unspecified atom stereocenters. The topological polar surface area (TPSA) is 95.4 Å². The van der Waals surface area contributed by atoms with Gasteiger partial charge in [0.1, 0.15) is 35.5 Å². The third kappa shape index (κ3) is 4.96. The van der Waals surface area contributed by atoms with Crippen molar-refractivity contribution in [3.8, 4) is 23.1 Å². The van der Waals surface area contributed by atoms with E-state index in [2.05, 4.69) is 16.2 Å². The smallest absolute Gasteiger partial charge is 0.154 e. The molecule has 7 nitrogen and oxygen atoms in total. The lowest BCUT2D eigenvalue weighted by Gasteiger charge is -2.29. The molecule has 40 heavy (non-hydrogen) atoms. The van der Waals surface area contributed by atoms with E-state index in [-0.39, 0.29) is 6.61 Å². The Labute approximate surface area is 245 Å². The van der Waals surface area contributed by atoms with Crippen molar-refractivity contribution in [2.75, 3.05) is 4.90 Å². The molecule has 0 atom stereocenters. The first kappa shape index (κ1) is 26.4. The number of hydrogen-bond acceptors (Lipinski definition) is 7. The van der Waals surface area contributed by atoms with Crippen molar-refractivity contribution in [3.63, 3.8) is 0 Å². The number of nitriles is 1. The van der Waals surface area contributed by atoms with Crippen LogP contribution in [0.1, 0.15) is 41.2 Å². The lowest BCUT2D eigenvalue weighted by atomic mass is 9.92. The number of hydrogen-bond donors (Lipinski definition) is 1. The van der Waals surface area contributed by atoms with Crippen molar-refractivity contribution >= 4 is 40.6 Å². The number of anilines is 1. The summed E-state index contributed by atoms with van der Waals surface area (Å²) in [5.41, 5.74) is 1.38. The maximum Gasteiger partial charge on any atom is 0.154 e. The van der Waals surface area contributed by atoms with Gasteiger partial charge in [-0.2, -0.15) is 5.26 Å². The van der Waals surface area contributed by atoms with Crippen molar-refractivity contribution < 1.29 is 14.4 Å². The molecular weight excluding hydrogens is 571 g/mol. The average Bonchev–Trinajstić information content (AvgIpc) is 3.72. The molecule has 2 aromatic carbocycles. The van der Waals surface area contributed by atoms with Crippen LogP contribution in [0.3, 0.4) is 0 Å². The SMILES string of the molecule is N#Cc1cccnc1N1C=CC(O)(c2ccc(OCc3c(-c4c(Cl)cccc4Cl)noc3C3CC3)cc2Cl)C=C1. The van der Waals surface area contributed by atoms with Crippen LogP contribution in [0, 0.1) is 11.3 Å². The van der Waals surface area contributed by atoms with Gasteiger partial charge in [-0.05, 0) is 61.4 Å². The van der Waals surface area contributed by atoms with Crippen molar-refractivity contribution in [1.29, 1.82) is 5.26 Å². The summed E-state index contributed by atoms with van der Waals surface area (Å²) in [4.78, 5) is 5.94. The van der Waals surface area contributed by atoms with E-state index >= 15 is 0 Å². The van der Waals surface area contributed by atoms with E-state index in [4.69, 9.17) is 44.1 Å². The van der Waals surface area contributed by atoms with Crippen LogP contribution in [0.2, 0.25) is 15.1 Å². The molecule has 3 heterocycles. The Kier molecular flexibility index (Phi) is 7.03. The highest BCUT2D eigenvalue weighted by molar-refractivity contribution is 6.39. The molecular formula is C30H21Cl3N4O3. The molecule has 0 saturated heterocycles. The van der Waals surface area contributed by atoms with E-state index in [0.717, 1.165) is 24.2 Å². The first-order valence-corrected chi connectivity index (χ1v) is 13.6. The second-order valence-electron chi connectivity index (χ2n) is 9.53. The van der Waals surface area contributed by atoms with E-state index in [1.54, 1.807) is 84.2 Å². The van der Waals surface area contributed by atoms with Gasteiger partial charge in [0.15, 0.2) is 5.82 Å². The highest BCUT2D eigenvalue weighted by atomic mass is 35.5. The first-order valence-electron chi connectivity index (χ1n) is 12.5. The Morgan fingerprint density at radius 1 is 1.05 bits per heavy atom. The van der Waals surface area contributed by atoms with Gasteiger partial charge in [0, 0.05) is 35.6 Å². The van der Waals surface area contributed by atoms with Gasteiger partial charge in [-0.1, -0.05) is 52.1 Å². The molecule has 200 valence electrons. The van der Waals surface area contributed by atoms with Gasteiger partial charge in [0.05, 0.1) is 26.2 Å². The summed E-state index contributed by atoms with van der Waals surface area (Å²) in [7, 11) is 0. The van der Waals surface area contributed by atoms with E-state index in [1.807, 2.05) is 0 Å². The molecule has 0 spiro atoms. The fourth-order valence-corrected chi connectivity index (χ4v) is 5.52. The van der Waals surface area contributed by atoms with E-state index in [1.165, 1.54) is 0 Å². The minimum absolute atomic E-state index is 0.173. The van der Waals surface area contributed by atoms with Gasteiger partial charge < -0.3 is 19.3 Å². The van der Waals surface area contributed by atoms with Crippen LogP contribution in [0.25, 0.3) is 11.3 Å². The summed E-state index contributed by atoms with van der Waals surface area (Å²) in [6.45, 7) is 0.173. The standard InChI is InChI=1S/C30H21Cl3N4O3/c31-23-4-1-5-24(32)26(23)27-21(28(40-36-27)18-6-7-18)17-39-20-8-9-22(25(33)15-20)30(38)10-13-37(14-11-30)29-19(16-34)3-2-12-35-29/h1-5,8-15,18,38H,6-7,17H2. The van der Waals surface area contributed by atoms with Crippen molar-refractivity contribution in [2.45, 2.75) is 31.0 Å². The third-order valence-electron chi connectivity index (χ3n) is 6.85. The number of aromatic nitrogens is 2. The summed E-state index contributed by atoms with van der Waals surface area (Å²) >= 11 is 19.6. The minimum Gasteiger partial charge on any atom is -0.489 e. The molecule has 1 fully saturated rings. The van der Waals surface area contributed by atoms with Crippen LogP contribution in [-0.4, -0.2) is 15.2 Å². The number of halogens is 3. The summed E-state index contributed by atoms with van der Waals surface area (Å²) in [5.74, 6) is 2.04. The molecule has 6 rings (SSSR count). The number of aliphatic hydroxyl groups is 1. The second-order valence-corrected chi connectivity index (χ2v) is 10.7. The lowest BCUT2D eigenvalue weighted by Crippen LogP contribution is -2.27. The van der Waals surface area contributed by atoms with Crippen molar-refractivity contribution in [1.82, 2.24) is 10.1 Å². The summed E-state index contributed by atoms with van der Waals surface area (Å²) in [6, 6.07) is 15.9. The van der Waals surface area contributed by atoms with Gasteiger partial charge in [0.2, 0.25) is 0 Å². The maximum atomic E-state index is 11.3. The Morgan fingerprint density at radius 2 is 1.80 bits per heavy atom. The van der Waals surface area contributed by atoms with Crippen LogP contribution in [0.4, 0.5) is 5.82 Å². The molecule has 0 bridgehead atoms. The van der Waals surface area contributed by atoms with Crippen molar-refractivity contribution in [3.05, 3.63) is 117 Å². The molecule has 0 radical (unpaired) electrons. The van der Waals surface area contributed by atoms with E-state index < -0.39 is 5.60 Å². The van der Waals surface area contributed by atoms with Crippen LogP contribution < -0.4 is 9.64 Å². The highest BCUT2D eigenvalue weighted by Gasteiger charge is 2.34. The zero-order chi connectivity index (χ0) is 27.9. The Morgan fingerprint density at radius 3 is 2.48 bits per heavy atom. The van der Waals surface area contributed by atoms with E-state index in [9.17, 15) is 10.4 Å². The normalized spacial score (nSPS) is 15.7. The van der Waals surface area contributed by atoms with Gasteiger partial charge >= 0.3 is 0 Å². The largest absolute Gasteiger partial charge is 0.489 e. The number of benzene rings is 2. The average molecular weight is 592 g/mol. The van der Waals surface area contributed by atoms with Crippen LogP contribution in [0.5, 0.6) is 5.75 Å². The molecule has 4 aromatic rings. The van der Waals surface area contributed by atoms with Gasteiger partial charge in [-0.3, -0.25) is 0 Å². The predicted octanol–water partition coefficient (Wildman–Crippen LogP) is 7.76. The van der Waals surface area contributed by atoms with E-state index in [0.29, 0.717) is 54.9 Å². The molecule has 1 N–H and O–H groups in total. The Hall–Kier alpha value is -3.80. The fourth-order valence-electron chi connectivity index (χ4n) is 4.62. The number of pyridine rings is 1. The first-order chi connectivity index (χ1) is 19.4. The number of ether oxygens (including phenoxy) is 1. The summed E-state index contributed by atoms with van der Waals surface area (Å²) in [6.07, 6.45) is 10.1. The van der Waals surface area contributed by atoms with Crippen LogP contribution in [-0.2, 0) is 12.2 Å². The fraction of sp³-hybridized carbons (Fsp3) is 0.167. The highest BCUT2D eigenvalue weighted by Crippen LogP contribution is 2.46. The number of rotatable bonds is 7. The molecule has 2 aliphatic rings. The van der Waals surface area contributed by atoms with Gasteiger partial charge in [-0.15, -0.1) is 0 Å². The monoisotopic (exact) mass is 590 g/mol. The molecule has 2 aromatic heterocycles. The molecule has 10 heteroatoms. The maximum absolute atomic E-state index is 11.3. The van der Waals surface area contributed by atoms with Crippen LogP contribution >= 0.6 is 34.8 Å². The zero-order valence-electron chi connectivity index (χ0n) is 20.9. The summed E-state index contributed by atoms with van der Waals surface area (Å²) in [5, 5.41) is 26.3.